The Morgan fingerprint density at radius 3 is 2.70 bits per heavy atom. The number of allylic oxidation sites excluding steroid dienone is 5. The quantitative estimate of drug-likeness (QED) is 0.349. The van der Waals surface area contributed by atoms with Crippen molar-refractivity contribution in [3.8, 4) is 0 Å². The van der Waals surface area contributed by atoms with Crippen molar-refractivity contribution in [2.75, 3.05) is 6.61 Å². The van der Waals surface area contributed by atoms with E-state index in [0.29, 0.717) is 11.3 Å². The van der Waals surface area contributed by atoms with E-state index >= 15 is 0 Å². The molecule has 0 aromatic carbocycles. The van der Waals surface area contributed by atoms with Gasteiger partial charge in [0.15, 0.2) is 0 Å². The molecule has 27 heavy (non-hydrogen) atoms. The van der Waals surface area contributed by atoms with Crippen LogP contribution in [0.25, 0.3) is 0 Å². The van der Waals surface area contributed by atoms with Gasteiger partial charge in [0.2, 0.25) is 0 Å². The molecule has 0 N–H and O–H groups in total. The van der Waals surface area contributed by atoms with Crippen LogP contribution in [-0.4, -0.2) is 6.61 Å². The number of ether oxygens (including phenoxy) is 1. The number of unbranched alkanes of at least 4 members (excludes halogenated alkanes) is 2. The molecule has 4 aliphatic rings. The summed E-state index contributed by atoms with van der Waals surface area (Å²) in [7, 11) is 0. The fourth-order valence-electron chi connectivity index (χ4n) is 7.33. The van der Waals surface area contributed by atoms with E-state index in [1.54, 1.807) is 0 Å². The molecular formula is C26H40O. The van der Waals surface area contributed by atoms with Gasteiger partial charge in [-0.2, -0.15) is 0 Å². The van der Waals surface area contributed by atoms with Crippen molar-refractivity contribution in [2.24, 2.45) is 34.5 Å². The molecule has 150 valence electrons. The monoisotopic (exact) mass is 368 g/mol. The van der Waals surface area contributed by atoms with Crippen LogP contribution < -0.4 is 0 Å². The van der Waals surface area contributed by atoms with Crippen molar-refractivity contribution < 1.29 is 4.74 Å². The van der Waals surface area contributed by atoms with Gasteiger partial charge in [0, 0.05) is 11.0 Å². The van der Waals surface area contributed by atoms with Gasteiger partial charge in [-0.15, -0.1) is 0 Å². The molecule has 0 bridgehead atoms. The lowest BCUT2D eigenvalue weighted by atomic mass is 9.49. The van der Waals surface area contributed by atoms with Crippen LogP contribution in [0.1, 0.15) is 85.5 Å². The topological polar surface area (TPSA) is 9.23 Å². The van der Waals surface area contributed by atoms with Gasteiger partial charge in [0.1, 0.15) is 5.76 Å². The Morgan fingerprint density at radius 1 is 1.07 bits per heavy atom. The van der Waals surface area contributed by atoms with E-state index in [2.05, 4.69) is 52.0 Å². The summed E-state index contributed by atoms with van der Waals surface area (Å²) in [6.07, 6.45) is 21.8. The molecule has 6 atom stereocenters. The van der Waals surface area contributed by atoms with Crippen molar-refractivity contribution in [2.45, 2.75) is 85.5 Å². The van der Waals surface area contributed by atoms with Gasteiger partial charge in [-0.1, -0.05) is 65.2 Å². The van der Waals surface area contributed by atoms with Crippen molar-refractivity contribution >= 4 is 0 Å². The Bertz CT molecular complexity index is 641. The van der Waals surface area contributed by atoms with Gasteiger partial charge in [0.05, 0.1) is 6.61 Å². The average molecular weight is 369 g/mol. The van der Waals surface area contributed by atoms with Crippen molar-refractivity contribution in [3.63, 3.8) is 0 Å². The van der Waals surface area contributed by atoms with Crippen LogP contribution in [0.5, 0.6) is 0 Å². The molecule has 1 heteroatoms. The van der Waals surface area contributed by atoms with Gasteiger partial charge >= 0.3 is 0 Å². The van der Waals surface area contributed by atoms with E-state index in [9.17, 15) is 0 Å². The largest absolute Gasteiger partial charge is 0.494 e. The molecule has 4 aliphatic carbocycles. The highest BCUT2D eigenvalue weighted by Crippen LogP contribution is 2.65. The molecule has 0 radical (unpaired) electrons. The fourth-order valence-corrected chi connectivity index (χ4v) is 7.33. The van der Waals surface area contributed by atoms with E-state index in [0.717, 1.165) is 30.8 Å². The Balaban J connectivity index is 1.66. The van der Waals surface area contributed by atoms with E-state index in [-0.39, 0.29) is 5.41 Å². The maximum atomic E-state index is 6.46. The molecule has 0 aliphatic heterocycles. The molecule has 2 fully saturated rings. The highest BCUT2D eigenvalue weighted by atomic mass is 16.5. The summed E-state index contributed by atoms with van der Waals surface area (Å²) < 4.78 is 6.46. The van der Waals surface area contributed by atoms with Gasteiger partial charge in [-0.25, -0.2) is 0 Å². The second kappa shape index (κ2) is 7.45. The second-order valence-corrected chi connectivity index (χ2v) is 10.1. The van der Waals surface area contributed by atoms with Crippen molar-refractivity contribution in [1.29, 1.82) is 0 Å². The summed E-state index contributed by atoms with van der Waals surface area (Å²) in [6, 6.07) is 0. The molecule has 0 aromatic heterocycles. The predicted octanol–water partition coefficient (Wildman–Crippen LogP) is 7.45. The summed E-state index contributed by atoms with van der Waals surface area (Å²) in [5.74, 6) is 4.48. The minimum Gasteiger partial charge on any atom is -0.494 e. The van der Waals surface area contributed by atoms with Crippen LogP contribution in [0.3, 0.4) is 0 Å². The summed E-state index contributed by atoms with van der Waals surface area (Å²) in [5, 5.41) is 0. The van der Waals surface area contributed by atoms with Gasteiger partial charge in [-0.05, 0) is 73.7 Å². The normalized spacial score (nSPS) is 42.7. The Hall–Kier alpha value is -0.980. The van der Waals surface area contributed by atoms with Crippen LogP contribution in [0, 0.1) is 34.5 Å². The maximum absolute atomic E-state index is 6.46. The first-order valence-electron chi connectivity index (χ1n) is 11.8. The number of hydrogen-bond donors (Lipinski definition) is 0. The van der Waals surface area contributed by atoms with Crippen LogP contribution in [-0.2, 0) is 4.74 Å². The minimum absolute atomic E-state index is 0.184. The molecule has 0 amide bonds. The minimum atomic E-state index is 0.184. The molecule has 0 spiro atoms. The summed E-state index contributed by atoms with van der Waals surface area (Å²) >= 11 is 0. The van der Waals surface area contributed by atoms with Crippen LogP contribution >= 0.6 is 0 Å². The molecule has 0 saturated heterocycles. The zero-order valence-electron chi connectivity index (χ0n) is 18.1. The zero-order valence-corrected chi connectivity index (χ0v) is 18.1. The van der Waals surface area contributed by atoms with Crippen LogP contribution in [0.4, 0.5) is 0 Å². The third-order valence-corrected chi connectivity index (χ3v) is 8.91. The Labute approximate surface area is 167 Å². The van der Waals surface area contributed by atoms with E-state index in [1.165, 1.54) is 62.7 Å². The highest BCUT2D eigenvalue weighted by Gasteiger charge is 2.58. The van der Waals surface area contributed by atoms with Crippen LogP contribution in [0.2, 0.25) is 0 Å². The molecule has 0 unspecified atom stereocenters. The number of fused-ring (bicyclic) bond motifs is 5. The first-order chi connectivity index (χ1) is 13.0. The third-order valence-electron chi connectivity index (χ3n) is 8.91. The fraction of sp³-hybridized carbons (Fsp3) is 0.769. The Morgan fingerprint density at radius 2 is 1.93 bits per heavy atom. The lowest BCUT2D eigenvalue weighted by Gasteiger charge is -2.55. The standard InChI is InChI=1S/C26H40O/c1-5-7-10-17-27-24-18-20-21-13-12-19(6-2)25(21,3)16-14-22(20)26(4)15-9-8-11-23(24)26/h9,11,15,18-22H,5-8,10,12-14,16-17H2,1-4H3/t19-,20-,21-,22-,25+,26+/m0/s1. The molecule has 4 rings (SSSR count). The van der Waals surface area contributed by atoms with E-state index < -0.39 is 0 Å². The maximum Gasteiger partial charge on any atom is 0.119 e. The highest BCUT2D eigenvalue weighted by molar-refractivity contribution is 5.44. The summed E-state index contributed by atoms with van der Waals surface area (Å²) in [4.78, 5) is 0. The van der Waals surface area contributed by atoms with Crippen molar-refractivity contribution in [1.82, 2.24) is 0 Å². The lowest BCUT2D eigenvalue weighted by molar-refractivity contribution is -0.00614. The first-order valence-corrected chi connectivity index (χ1v) is 11.8. The van der Waals surface area contributed by atoms with Gasteiger partial charge in [-0.3, -0.25) is 0 Å². The molecule has 1 nitrogen and oxygen atoms in total. The Kier molecular flexibility index (Phi) is 5.34. The molecule has 2 saturated carbocycles. The molecular weight excluding hydrogens is 328 g/mol. The predicted molar refractivity (Wildman–Crippen MR) is 114 cm³/mol. The zero-order chi connectivity index (χ0) is 19.1. The molecule has 0 aromatic rings. The van der Waals surface area contributed by atoms with E-state index in [1.807, 2.05) is 0 Å². The van der Waals surface area contributed by atoms with Gasteiger partial charge in [0.25, 0.3) is 0 Å². The smallest absolute Gasteiger partial charge is 0.119 e. The summed E-state index contributed by atoms with van der Waals surface area (Å²) in [5.41, 5.74) is 2.23. The van der Waals surface area contributed by atoms with Crippen molar-refractivity contribution in [3.05, 3.63) is 35.6 Å². The first kappa shape index (κ1) is 19.3. The van der Waals surface area contributed by atoms with Gasteiger partial charge < -0.3 is 4.74 Å². The number of rotatable bonds is 6. The van der Waals surface area contributed by atoms with Crippen LogP contribution in [0.15, 0.2) is 35.6 Å². The second-order valence-electron chi connectivity index (χ2n) is 10.1. The third kappa shape index (κ3) is 3.04. The SMILES string of the molecule is CCCCCOC1=C[C@H]2[C@@H]3CC[C@H](CC)[C@@]3(C)CC[C@@H]2[C@@]2(C)C=CCC=C12. The average Bonchev–Trinajstić information content (AvgIpc) is 3.01. The lowest BCUT2D eigenvalue weighted by Crippen LogP contribution is -2.48. The number of hydrogen-bond acceptors (Lipinski definition) is 1. The van der Waals surface area contributed by atoms with E-state index in [4.69, 9.17) is 4.74 Å². The molecule has 0 heterocycles. The summed E-state index contributed by atoms with van der Waals surface area (Å²) in [6.45, 7) is 10.7.